The van der Waals surface area contributed by atoms with Crippen LogP contribution in [0.5, 0.6) is 5.75 Å². The molecule has 2 N–H and O–H groups in total. The molecule has 1 rings (SSSR count). The highest BCUT2D eigenvalue weighted by Crippen LogP contribution is 2.28. The highest BCUT2D eigenvalue weighted by Gasteiger charge is 2.22. The predicted octanol–water partition coefficient (Wildman–Crippen LogP) is 1.54. The number of hydrogen-bond donors (Lipinski definition) is 2. The number of alkyl halides is 2. The molecule has 0 amide bonds. The van der Waals surface area contributed by atoms with Crippen molar-refractivity contribution in [3.05, 3.63) is 29.3 Å². The van der Waals surface area contributed by atoms with Gasteiger partial charge in [-0.25, -0.2) is 4.79 Å². The van der Waals surface area contributed by atoms with Gasteiger partial charge in [-0.15, -0.1) is 0 Å². The number of hydrogen-bond acceptors (Lipinski definition) is 4. The Balaban J connectivity index is 3.09. The average molecular weight is 274 g/mol. The number of carbonyl (C=O) groups excluding carboxylic acids is 1. The van der Waals surface area contributed by atoms with E-state index >= 15 is 0 Å². The quantitative estimate of drug-likeness (QED) is 0.737. The second-order valence-corrected chi connectivity index (χ2v) is 3.70. The third kappa shape index (κ3) is 4.29. The van der Waals surface area contributed by atoms with Crippen LogP contribution in [0.3, 0.4) is 0 Å². The van der Waals surface area contributed by atoms with Crippen molar-refractivity contribution in [1.82, 2.24) is 0 Å². The molecule has 0 saturated carbocycles. The molecule has 104 valence electrons. The Morgan fingerprint density at radius 3 is 2.63 bits per heavy atom. The summed E-state index contributed by atoms with van der Waals surface area (Å²) in [6, 6.07) is 3.81. The standard InChI is InChI=1S/C12H12F2O5/c13-12(14)19-9-4-3-7(2-1-5-15)6-8(9)10(16)11(17)18/h3-6,10,12,16H,1-2H2,(H,17,18). The van der Waals surface area contributed by atoms with Gasteiger partial charge in [0.25, 0.3) is 0 Å². The molecule has 0 spiro atoms. The number of ether oxygens (including phenoxy) is 1. The maximum Gasteiger partial charge on any atom is 0.387 e. The fraction of sp³-hybridized carbons (Fsp3) is 0.333. The lowest BCUT2D eigenvalue weighted by Crippen LogP contribution is -2.14. The lowest BCUT2D eigenvalue weighted by atomic mass is 10.0. The van der Waals surface area contributed by atoms with E-state index in [-0.39, 0.29) is 12.0 Å². The Hall–Kier alpha value is -2.02. The molecule has 19 heavy (non-hydrogen) atoms. The number of aliphatic carboxylic acids is 1. The Morgan fingerprint density at radius 2 is 2.11 bits per heavy atom. The largest absolute Gasteiger partial charge is 0.479 e. The molecule has 0 bridgehead atoms. The van der Waals surface area contributed by atoms with Gasteiger partial charge in [0.05, 0.1) is 0 Å². The Kier molecular flexibility index (Phi) is 5.37. The van der Waals surface area contributed by atoms with Gasteiger partial charge in [-0.1, -0.05) is 6.07 Å². The molecule has 1 aromatic rings. The molecule has 0 aromatic heterocycles. The Bertz CT molecular complexity index is 461. The smallest absolute Gasteiger partial charge is 0.387 e. The van der Waals surface area contributed by atoms with E-state index in [1.165, 1.54) is 12.1 Å². The number of benzene rings is 1. The molecule has 0 aliphatic carbocycles. The number of aldehydes is 1. The molecule has 1 atom stereocenters. The summed E-state index contributed by atoms with van der Waals surface area (Å²) < 4.78 is 28.5. The van der Waals surface area contributed by atoms with Gasteiger partial charge in [0.15, 0.2) is 6.10 Å². The number of carboxylic acid groups (broad SMARTS) is 1. The van der Waals surface area contributed by atoms with Crippen molar-refractivity contribution in [1.29, 1.82) is 0 Å². The van der Waals surface area contributed by atoms with Crippen molar-refractivity contribution in [2.24, 2.45) is 0 Å². The minimum atomic E-state index is -3.12. The second kappa shape index (κ2) is 6.79. The predicted molar refractivity (Wildman–Crippen MR) is 60.1 cm³/mol. The summed E-state index contributed by atoms with van der Waals surface area (Å²) in [5.41, 5.74) is 0.278. The summed E-state index contributed by atoms with van der Waals surface area (Å²) in [6.45, 7) is -3.12. The highest BCUT2D eigenvalue weighted by atomic mass is 19.3. The number of carbonyl (C=O) groups is 2. The number of halogens is 2. The molecule has 5 nitrogen and oxygen atoms in total. The molecule has 0 saturated heterocycles. The van der Waals surface area contributed by atoms with E-state index in [2.05, 4.69) is 4.74 Å². The van der Waals surface area contributed by atoms with Gasteiger partial charge < -0.3 is 19.7 Å². The van der Waals surface area contributed by atoms with Gasteiger partial charge in [0.1, 0.15) is 12.0 Å². The topological polar surface area (TPSA) is 83.8 Å². The molecule has 0 aliphatic heterocycles. The number of aryl methyl sites for hydroxylation is 1. The van der Waals surface area contributed by atoms with Crippen LogP contribution in [0.4, 0.5) is 8.78 Å². The lowest BCUT2D eigenvalue weighted by molar-refractivity contribution is -0.147. The van der Waals surface area contributed by atoms with Crippen LogP contribution in [-0.2, 0) is 16.0 Å². The van der Waals surface area contributed by atoms with Crippen molar-refractivity contribution in [3.63, 3.8) is 0 Å². The van der Waals surface area contributed by atoms with E-state index in [4.69, 9.17) is 5.11 Å². The third-order valence-electron chi connectivity index (χ3n) is 2.37. The van der Waals surface area contributed by atoms with Gasteiger partial charge in [-0.3, -0.25) is 0 Å². The van der Waals surface area contributed by atoms with Crippen LogP contribution in [0.15, 0.2) is 18.2 Å². The van der Waals surface area contributed by atoms with Crippen LogP contribution < -0.4 is 4.74 Å². The van der Waals surface area contributed by atoms with Gasteiger partial charge in [0, 0.05) is 12.0 Å². The molecule has 0 aliphatic rings. The normalized spacial score (nSPS) is 12.2. The monoisotopic (exact) mass is 274 g/mol. The van der Waals surface area contributed by atoms with E-state index in [0.717, 1.165) is 6.07 Å². The number of rotatable bonds is 7. The summed E-state index contributed by atoms with van der Waals surface area (Å²) >= 11 is 0. The SMILES string of the molecule is O=CCCc1ccc(OC(F)F)c(C(O)C(=O)O)c1. The Morgan fingerprint density at radius 1 is 1.42 bits per heavy atom. The zero-order valence-electron chi connectivity index (χ0n) is 9.75. The zero-order chi connectivity index (χ0) is 14.4. The zero-order valence-corrected chi connectivity index (χ0v) is 9.75. The second-order valence-electron chi connectivity index (χ2n) is 3.70. The minimum Gasteiger partial charge on any atom is -0.479 e. The average Bonchev–Trinajstić information content (AvgIpc) is 2.36. The van der Waals surface area contributed by atoms with Crippen LogP contribution >= 0.6 is 0 Å². The van der Waals surface area contributed by atoms with Gasteiger partial charge in [0.2, 0.25) is 0 Å². The minimum absolute atomic E-state index is 0.206. The molecule has 7 heteroatoms. The van der Waals surface area contributed by atoms with E-state index < -0.39 is 24.4 Å². The summed E-state index contributed by atoms with van der Waals surface area (Å²) in [4.78, 5) is 21.0. The first kappa shape index (κ1) is 15.0. The molecular weight excluding hydrogens is 262 g/mol. The molecule has 0 fully saturated rings. The van der Waals surface area contributed by atoms with Gasteiger partial charge >= 0.3 is 12.6 Å². The van der Waals surface area contributed by atoms with Gasteiger partial charge in [-0.2, -0.15) is 8.78 Å². The maximum atomic E-state index is 12.2. The summed E-state index contributed by atoms with van der Waals surface area (Å²) in [7, 11) is 0. The number of carboxylic acids is 1. The first-order valence-corrected chi connectivity index (χ1v) is 5.38. The Labute approximate surface area is 107 Å². The number of aliphatic hydroxyl groups excluding tert-OH is 1. The van der Waals surface area contributed by atoms with E-state index in [1.807, 2.05) is 0 Å². The number of aliphatic hydroxyl groups is 1. The fourth-order valence-electron chi connectivity index (χ4n) is 1.53. The summed E-state index contributed by atoms with van der Waals surface area (Å²) in [5, 5.41) is 18.2. The highest BCUT2D eigenvalue weighted by molar-refractivity contribution is 5.75. The van der Waals surface area contributed by atoms with E-state index in [0.29, 0.717) is 18.3 Å². The van der Waals surface area contributed by atoms with Crippen LogP contribution in [0.1, 0.15) is 23.7 Å². The first-order chi connectivity index (χ1) is 8.95. The molecule has 1 unspecified atom stereocenters. The molecular formula is C12H12F2O5. The molecule has 0 radical (unpaired) electrons. The van der Waals surface area contributed by atoms with Crippen LogP contribution in [0.25, 0.3) is 0 Å². The third-order valence-corrected chi connectivity index (χ3v) is 2.37. The summed E-state index contributed by atoms with van der Waals surface area (Å²) in [5.74, 6) is -1.98. The molecule has 0 heterocycles. The van der Waals surface area contributed by atoms with Crippen molar-refractivity contribution in [3.8, 4) is 5.75 Å². The lowest BCUT2D eigenvalue weighted by Gasteiger charge is -2.14. The van der Waals surface area contributed by atoms with Crippen molar-refractivity contribution >= 4 is 12.3 Å². The van der Waals surface area contributed by atoms with Gasteiger partial charge in [-0.05, 0) is 24.1 Å². The first-order valence-electron chi connectivity index (χ1n) is 5.38. The van der Waals surface area contributed by atoms with Crippen LogP contribution in [0.2, 0.25) is 0 Å². The van der Waals surface area contributed by atoms with E-state index in [1.54, 1.807) is 0 Å². The van der Waals surface area contributed by atoms with Crippen molar-refractivity contribution in [2.45, 2.75) is 25.6 Å². The van der Waals surface area contributed by atoms with E-state index in [9.17, 15) is 23.5 Å². The maximum absolute atomic E-state index is 12.2. The van der Waals surface area contributed by atoms with Crippen LogP contribution in [0, 0.1) is 0 Å². The fourth-order valence-corrected chi connectivity index (χ4v) is 1.53. The van der Waals surface area contributed by atoms with Crippen molar-refractivity contribution < 1.29 is 33.3 Å². The van der Waals surface area contributed by atoms with Crippen molar-refractivity contribution in [2.75, 3.05) is 0 Å². The summed E-state index contributed by atoms with van der Waals surface area (Å²) in [6.07, 6.45) is -0.767. The molecule has 1 aromatic carbocycles. The van der Waals surface area contributed by atoms with Crippen LogP contribution in [-0.4, -0.2) is 29.1 Å².